The average molecular weight is 449 g/mol. The highest BCUT2D eigenvalue weighted by molar-refractivity contribution is 6.04. The molecular formula is C19H13F6NO5. The Morgan fingerprint density at radius 2 is 1.42 bits per heavy atom. The van der Waals surface area contributed by atoms with Gasteiger partial charge in [-0.05, 0) is 35.9 Å². The molecule has 31 heavy (non-hydrogen) atoms. The molecule has 0 aliphatic carbocycles. The predicted molar refractivity (Wildman–Crippen MR) is 95.8 cm³/mol. The first kappa shape index (κ1) is 23.6. The summed E-state index contributed by atoms with van der Waals surface area (Å²) in [4.78, 5) is 23.0. The number of benzene rings is 2. The van der Waals surface area contributed by atoms with Gasteiger partial charge in [-0.15, -0.1) is 0 Å². The zero-order valence-corrected chi connectivity index (χ0v) is 15.2. The SMILES string of the molecule is O=Cc1ccccc1NC(=O)/C=C/c1cc(OC(F)F)c(OC(F)F)c(OC(F)F)c1. The molecule has 1 N–H and O–H groups in total. The summed E-state index contributed by atoms with van der Waals surface area (Å²) in [5.41, 5.74) is 0.168. The molecule has 0 saturated heterocycles. The fourth-order valence-electron chi connectivity index (χ4n) is 2.33. The number of ether oxygens (including phenoxy) is 3. The number of rotatable bonds is 10. The highest BCUT2D eigenvalue weighted by Gasteiger charge is 2.23. The number of anilines is 1. The number of nitrogens with one attached hydrogen (secondary N) is 1. The topological polar surface area (TPSA) is 73.9 Å². The molecule has 0 fully saturated rings. The minimum absolute atomic E-state index is 0.177. The second kappa shape index (κ2) is 10.9. The van der Waals surface area contributed by atoms with E-state index in [0.29, 0.717) is 6.29 Å². The first-order chi connectivity index (χ1) is 14.7. The van der Waals surface area contributed by atoms with Crippen molar-refractivity contribution in [2.45, 2.75) is 19.8 Å². The van der Waals surface area contributed by atoms with Crippen LogP contribution in [-0.4, -0.2) is 32.0 Å². The fraction of sp³-hybridized carbons (Fsp3) is 0.158. The summed E-state index contributed by atoms with van der Waals surface area (Å²) in [6.07, 6.45) is 2.37. The molecule has 0 spiro atoms. The van der Waals surface area contributed by atoms with Gasteiger partial charge in [0.15, 0.2) is 17.8 Å². The van der Waals surface area contributed by atoms with E-state index in [1.54, 1.807) is 12.1 Å². The van der Waals surface area contributed by atoms with Gasteiger partial charge in [-0.2, -0.15) is 26.3 Å². The Labute approximate surface area is 171 Å². The number of aldehydes is 1. The molecule has 6 nitrogen and oxygen atoms in total. The molecule has 0 bridgehead atoms. The highest BCUT2D eigenvalue weighted by atomic mass is 19.3. The average Bonchev–Trinajstić information content (AvgIpc) is 2.68. The van der Waals surface area contributed by atoms with Crippen molar-refractivity contribution in [3.8, 4) is 17.2 Å². The van der Waals surface area contributed by atoms with Gasteiger partial charge >= 0.3 is 19.8 Å². The second-order valence-corrected chi connectivity index (χ2v) is 5.51. The van der Waals surface area contributed by atoms with Crippen LogP contribution in [-0.2, 0) is 4.79 Å². The van der Waals surface area contributed by atoms with Gasteiger partial charge in [0.05, 0.1) is 5.69 Å². The van der Waals surface area contributed by atoms with Crippen LogP contribution in [0.3, 0.4) is 0 Å². The van der Waals surface area contributed by atoms with E-state index in [2.05, 4.69) is 19.5 Å². The Morgan fingerprint density at radius 3 is 1.94 bits per heavy atom. The second-order valence-electron chi connectivity index (χ2n) is 5.51. The zero-order chi connectivity index (χ0) is 23.0. The van der Waals surface area contributed by atoms with Crippen LogP contribution in [0.2, 0.25) is 0 Å². The molecule has 2 aromatic rings. The van der Waals surface area contributed by atoms with Crippen molar-refractivity contribution in [1.29, 1.82) is 0 Å². The van der Waals surface area contributed by atoms with Gasteiger partial charge in [0, 0.05) is 11.6 Å². The molecule has 0 aliphatic rings. The molecule has 166 valence electrons. The van der Waals surface area contributed by atoms with E-state index in [1.807, 2.05) is 0 Å². The molecule has 0 unspecified atom stereocenters. The quantitative estimate of drug-likeness (QED) is 0.316. The van der Waals surface area contributed by atoms with E-state index < -0.39 is 43.0 Å². The van der Waals surface area contributed by atoms with Gasteiger partial charge in [-0.3, -0.25) is 9.59 Å². The third-order valence-electron chi connectivity index (χ3n) is 3.45. The molecule has 0 heterocycles. The monoisotopic (exact) mass is 449 g/mol. The van der Waals surface area contributed by atoms with E-state index in [1.165, 1.54) is 12.1 Å². The molecule has 0 radical (unpaired) electrons. The Hall–Kier alpha value is -3.70. The Morgan fingerprint density at radius 1 is 0.871 bits per heavy atom. The molecule has 0 saturated carbocycles. The fourth-order valence-corrected chi connectivity index (χ4v) is 2.33. The zero-order valence-electron chi connectivity index (χ0n) is 15.2. The molecule has 0 aromatic heterocycles. The number of hydrogen-bond acceptors (Lipinski definition) is 5. The number of hydrogen-bond donors (Lipinski definition) is 1. The van der Waals surface area contributed by atoms with Crippen molar-refractivity contribution in [3.63, 3.8) is 0 Å². The smallest absolute Gasteiger partial charge is 0.387 e. The Balaban J connectivity index is 2.35. The minimum atomic E-state index is -3.55. The lowest BCUT2D eigenvalue weighted by atomic mass is 10.1. The van der Waals surface area contributed by atoms with E-state index in [0.717, 1.165) is 24.3 Å². The predicted octanol–water partition coefficient (Wildman–Crippen LogP) is 4.96. The molecule has 1 amide bonds. The summed E-state index contributed by atoms with van der Waals surface area (Å²) in [7, 11) is 0. The summed E-state index contributed by atoms with van der Waals surface area (Å²) in [6, 6.07) is 7.51. The minimum Gasteiger partial charge on any atom is -0.431 e. The number of carbonyl (C=O) groups is 2. The van der Waals surface area contributed by atoms with E-state index >= 15 is 0 Å². The van der Waals surface area contributed by atoms with Crippen LogP contribution in [0.25, 0.3) is 6.08 Å². The van der Waals surface area contributed by atoms with Crippen LogP contribution in [0.4, 0.5) is 32.0 Å². The molecule has 12 heteroatoms. The van der Waals surface area contributed by atoms with Crippen LogP contribution in [0.5, 0.6) is 17.2 Å². The van der Waals surface area contributed by atoms with Gasteiger partial charge in [0.25, 0.3) is 0 Å². The maximum Gasteiger partial charge on any atom is 0.387 e. The number of alkyl halides is 6. The van der Waals surface area contributed by atoms with Crippen molar-refractivity contribution in [2.24, 2.45) is 0 Å². The standard InChI is InChI=1S/C19H13F6NO5/c20-17(21)29-13-7-10(8-14(30-18(22)23)16(13)31-19(24)25)5-6-15(28)26-12-4-2-1-3-11(12)9-27/h1-9,17-19H,(H,26,28)/b6-5+. The summed E-state index contributed by atoms with van der Waals surface area (Å²) >= 11 is 0. The van der Waals surface area contributed by atoms with E-state index in [4.69, 9.17) is 0 Å². The van der Waals surface area contributed by atoms with E-state index in [9.17, 15) is 35.9 Å². The molecule has 2 rings (SSSR count). The van der Waals surface area contributed by atoms with Crippen LogP contribution < -0.4 is 19.5 Å². The van der Waals surface area contributed by atoms with Gasteiger partial charge < -0.3 is 19.5 Å². The third kappa shape index (κ3) is 7.24. The maximum absolute atomic E-state index is 12.6. The largest absolute Gasteiger partial charge is 0.431 e. The third-order valence-corrected chi connectivity index (χ3v) is 3.45. The number of para-hydroxylation sites is 1. The summed E-state index contributed by atoms with van der Waals surface area (Å²) in [5, 5.41) is 2.38. The molecule has 0 atom stereocenters. The summed E-state index contributed by atoms with van der Waals surface area (Å²) in [5.74, 6) is -3.97. The van der Waals surface area contributed by atoms with Crippen LogP contribution in [0.15, 0.2) is 42.5 Å². The highest BCUT2D eigenvalue weighted by Crippen LogP contribution is 2.41. The molecule has 0 aliphatic heterocycles. The summed E-state index contributed by atoms with van der Waals surface area (Å²) < 4.78 is 87.7. The maximum atomic E-state index is 12.6. The number of carbonyl (C=O) groups excluding carboxylic acids is 2. The van der Waals surface area contributed by atoms with Crippen molar-refractivity contribution in [3.05, 3.63) is 53.6 Å². The number of halogens is 6. The van der Waals surface area contributed by atoms with Crippen molar-refractivity contribution < 1.29 is 50.1 Å². The van der Waals surface area contributed by atoms with Gasteiger partial charge in [-0.1, -0.05) is 12.1 Å². The summed E-state index contributed by atoms with van der Waals surface area (Å²) in [6.45, 7) is -10.5. The van der Waals surface area contributed by atoms with Crippen LogP contribution >= 0.6 is 0 Å². The van der Waals surface area contributed by atoms with Crippen LogP contribution in [0, 0.1) is 0 Å². The van der Waals surface area contributed by atoms with Crippen molar-refractivity contribution >= 4 is 24.0 Å². The first-order valence-corrected chi connectivity index (χ1v) is 8.25. The Kier molecular flexibility index (Phi) is 8.29. The van der Waals surface area contributed by atoms with Crippen LogP contribution in [0.1, 0.15) is 15.9 Å². The normalized spacial score (nSPS) is 11.3. The first-order valence-electron chi connectivity index (χ1n) is 8.25. The van der Waals surface area contributed by atoms with Crippen molar-refractivity contribution in [2.75, 3.05) is 5.32 Å². The van der Waals surface area contributed by atoms with Gasteiger partial charge in [0.2, 0.25) is 11.7 Å². The molecular weight excluding hydrogens is 436 g/mol. The van der Waals surface area contributed by atoms with E-state index in [-0.39, 0.29) is 16.8 Å². The lowest BCUT2D eigenvalue weighted by Crippen LogP contribution is -2.11. The molecule has 2 aromatic carbocycles. The van der Waals surface area contributed by atoms with Gasteiger partial charge in [0.1, 0.15) is 0 Å². The lowest BCUT2D eigenvalue weighted by molar-refractivity contribution is -0.111. The van der Waals surface area contributed by atoms with Gasteiger partial charge in [-0.25, -0.2) is 0 Å². The lowest BCUT2D eigenvalue weighted by Gasteiger charge is -2.16. The number of amides is 1. The Bertz CT molecular complexity index is 920. The van der Waals surface area contributed by atoms with Crippen molar-refractivity contribution in [1.82, 2.24) is 0 Å².